The maximum Gasteiger partial charge on any atom is 0.264 e. The van der Waals surface area contributed by atoms with E-state index < -0.39 is 10.1 Å². The van der Waals surface area contributed by atoms with Gasteiger partial charge in [-0.25, -0.2) is 0 Å². The van der Waals surface area contributed by atoms with E-state index >= 15 is 0 Å². The quantitative estimate of drug-likeness (QED) is 0.0371. The van der Waals surface area contributed by atoms with Crippen molar-refractivity contribution in [3.8, 4) is 0 Å². The van der Waals surface area contributed by atoms with Crippen molar-refractivity contribution in [1.82, 2.24) is 0 Å². The van der Waals surface area contributed by atoms with Crippen LogP contribution < -0.4 is 0 Å². The summed E-state index contributed by atoms with van der Waals surface area (Å²) in [5.41, 5.74) is 26.3. The van der Waals surface area contributed by atoms with Crippen LogP contribution in [0.1, 0.15) is 97.8 Å². The summed E-state index contributed by atoms with van der Waals surface area (Å²) in [5, 5.41) is 11.1. The van der Waals surface area contributed by atoms with E-state index in [1.807, 2.05) is 0 Å². The van der Waals surface area contributed by atoms with Crippen molar-refractivity contribution in [1.29, 1.82) is 0 Å². The van der Waals surface area contributed by atoms with Crippen LogP contribution in [0.3, 0.4) is 0 Å². The molecular weight excluding hydrogens is 662 g/mol. The van der Waals surface area contributed by atoms with E-state index in [-0.39, 0.29) is 35.7 Å². The first-order valence-corrected chi connectivity index (χ1v) is 20.5. The zero-order chi connectivity index (χ0) is 36.2. The monoisotopic (exact) mass is 721 g/mol. The van der Waals surface area contributed by atoms with E-state index in [9.17, 15) is 8.42 Å². The summed E-state index contributed by atoms with van der Waals surface area (Å²) in [4.78, 5) is 8.70. The Bertz CT molecular complexity index is 1350. The summed E-state index contributed by atoms with van der Waals surface area (Å²) < 4.78 is 48.3. The average molecular weight is 722 g/mol. The third-order valence-electron chi connectivity index (χ3n) is 12.9. The molecule has 0 spiro atoms. The Kier molecular flexibility index (Phi) is 15.4. The summed E-state index contributed by atoms with van der Waals surface area (Å²) in [7, 11) is -3.47. The first kappa shape index (κ1) is 40.5. The lowest BCUT2D eigenvalue weighted by Gasteiger charge is -2.65. The van der Waals surface area contributed by atoms with Crippen LogP contribution in [0.15, 0.2) is 15.3 Å². The lowest BCUT2D eigenvalue weighted by atomic mass is 9.43. The number of azide groups is 3. The Labute approximate surface area is 297 Å². The first-order valence-electron chi connectivity index (χ1n) is 18.7. The smallest absolute Gasteiger partial charge is 0.264 e. The molecule has 0 aromatic carbocycles. The molecule has 0 aromatic heterocycles. The molecule has 4 aliphatic carbocycles. The zero-order valence-electron chi connectivity index (χ0n) is 30.5. The standard InChI is InChI=1S/C34H59N9O6S/c1-24(9-5-20-49-50(4,44)45)27-10-11-28-32-29(23-31(34(27,28)3)48-19-8-16-40-43-37)33(2)13-12-26(46-17-6-14-38-41-35)21-25(33)22-30(32)47-18-7-15-39-42-36/h24-32H,5-23H2,1-4H3/t24-,25?,26-,27?,28+,29+,30-,31?,32?,33+,34-/m1/s1. The maximum atomic E-state index is 11.6. The minimum absolute atomic E-state index is 0.0397. The number of fused-ring (bicyclic) bond motifs is 5. The summed E-state index contributed by atoms with van der Waals surface area (Å²) in [5.74, 6) is 2.38. The Morgan fingerprint density at radius 2 is 1.40 bits per heavy atom. The van der Waals surface area contributed by atoms with Crippen LogP contribution >= 0.6 is 0 Å². The van der Waals surface area contributed by atoms with E-state index in [0.717, 1.165) is 57.6 Å². The molecule has 4 unspecified atom stereocenters. The summed E-state index contributed by atoms with van der Waals surface area (Å²) in [6.07, 6.45) is 12.2. The van der Waals surface area contributed by atoms with Crippen molar-refractivity contribution >= 4 is 10.1 Å². The van der Waals surface area contributed by atoms with E-state index in [0.29, 0.717) is 101 Å². The number of hydrogen-bond donors (Lipinski definition) is 0. The summed E-state index contributed by atoms with van der Waals surface area (Å²) >= 11 is 0. The molecule has 0 bridgehead atoms. The largest absolute Gasteiger partial charge is 0.378 e. The second kappa shape index (κ2) is 19.0. The Balaban J connectivity index is 1.59. The Hall–Kier alpha value is -2.28. The van der Waals surface area contributed by atoms with Gasteiger partial charge in [0.25, 0.3) is 10.1 Å². The Morgan fingerprint density at radius 3 is 2.02 bits per heavy atom. The highest BCUT2D eigenvalue weighted by Gasteiger charge is 2.66. The number of nitrogens with zero attached hydrogens (tertiary/aromatic N) is 9. The second-order valence-corrected chi connectivity index (χ2v) is 17.3. The molecule has 15 nitrogen and oxygen atoms in total. The fourth-order valence-corrected chi connectivity index (χ4v) is 11.1. The number of rotatable bonds is 21. The van der Waals surface area contributed by atoms with E-state index in [1.165, 1.54) is 0 Å². The van der Waals surface area contributed by atoms with Crippen molar-refractivity contribution in [2.24, 2.45) is 61.7 Å². The van der Waals surface area contributed by atoms with Gasteiger partial charge in [0, 0.05) is 59.6 Å². The molecule has 4 aliphatic rings. The molecule has 0 aromatic rings. The highest BCUT2D eigenvalue weighted by atomic mass is 32.2. The predicted molar refractivity (Wildman–Crippen MR) is 190 cm³/mol. The highest BCUT2D eigenvalue weighted by molar-refractivity contribution is 7.85. The van der Waals surface area contributed by atoms with Gasteiger partial charge in [0.1, 0.15) is 0 Å². The van der Waals surface area contributed by atoms with E-state index in [4.69, 9.17) is 35.0 Å². The molecule has 50 heavy (non-hydrogen) atoms. The fraction of sp³-hybridized carbons (Fsp3) is 1.00. The van der Waals surface area contributed by atoms with Gasteiger partial charge in [-0.3, -0.25) is 4.18 Å². The maximum absolute atomic E-state index is 11.6. The molecule has 0 aliphatic heterocycles. The molecule has 11 atom stereocenters. The van der Waals surface area contributed by atoms with Crippen molar-refractivity contribution < 1.29 is 26.8 Å². The van der Waals surface area contributed by atoms with Crippen LogP contribution in [0.5, 0.6) is 0 Å². The van der Waals surface area contributed by atoms with Gasteiger partial charge in [0.05, 0.1) is 31.2 Å². The molecule has 4 rings (SSSR count). The van der Waals surface area contributed by atoms with Crippen LogP contribution in [0.25, 0.3) is 31.3 Å². The lowest BCUT2D eigenvalue weighted by Crippen LogP contribution is -2.63. The molecule has 4 fully saturated rings. The van der Waals surface area contributed by atoms with Crippen molar-refractivity contribution in [2.45, 2.75) is 116 Å². The van der Waals surface area contributed by atoms with Crippen LogP contribution in [-0.4, -0.2) is 79.0 Å². The van der Waals surface area contributed by atoms with Crippen LogP contribution in [0, 0.1) is 46.3 Å². The summed E-state index contributed by atoms with van der Waals surface area (Å²) in [6, 6.07) is 0. The molecule has 0 heterocycles. The fourth-order valence-electron chi connectivity index (χ4n) is 10.7. The minimum atomic E-state index is -3.47. The molecule has 0 amide bonds. The van der Waals surface area contributed by atoms with Crippen LogP contribution in [-0.2, 0) is 28.5 Å². The summed E-state index contributed by atoms with van der Waals surface area (Å²) in [6.45, 7) is 10.4. The molecule has 282 valence electrons. The first-order chi connectivity index (χ1) is 24.0. The average Bonchev–Trinajstić information content (AvgIpc) is 3.44. The van der Waals surface area contributed by atoms with Crippen molar-refractivity contribution in [2.75, 3.05) is 52.3 Å². The number of hydrogen-bond acceptors (Lipinski definition) is 9. The molecule has 16 heteroatoms. The molecule has 0 saturated heterocycles. The van der Waals surface area contributed by atoms with Gasteiger partial charge in [-0.2, -0.15) is 8.42 Å². The molecule has 0 radical (unpaired) electrons. The van der Waals surface area contributed by atoms with E-state index in [2.05, 4.69) is 50.8 Å². The van der Waals surface area contributed by atoms with Gasteiger partial charge in [-0.15, -0.1) is 0 Å². The van der Waals surface area contributed by atoms with Crippen LogP contribution in [0.2, 0.25) is 0 Å². The van der Waals surface area contributed by atoms with Gasteiger partial charge in [0.15, 0.2) is 0 Å². The third kappa shape index (κ3) is 9.98. The lowest BCUT2D eigenvalue weighted by molar-refractivity contribution is -0.227. The minimum Gasteiger partial charge on any atom is -0.378 e. The topological polar surface area (TPSA) is 217 Å². The molecule has 4 saturated carbocycles. The zero-order valence-corrected chi connectivity index (χ0v) is 31.3. The normalized spacial score (nSPS) is 35.4. The number of ether oxygens (including phenoxy) is 3. The van der Waals surface area contributed by atoms with Gasteiger partial charge >= 0.3 is 0 Å². The SMILES string of the molecule is C[C@H](CCCOS(C)(=O)=O)C1CC[C@H]2C3[C@H](OCCCN=[N+]=[N-])CC4C[C@H](OCCCN=[N+]=[N-])CC[C@]4(C)[C@H]3CC(OCCCN=[N+]=[N-])[C@]12C. The van der Waals surface area contributed by atoms with Crippen molar-refractivity contribution in [3.63, 3.8) is 0 Å². The predicted octanol–water partition coefficient (Wildman–Crippen LogP) is 8.51. The van der Waals surface area contributed by atoms with Crippen molar-refractivity contribution in [3.05, 3.63) is 31.3 Å². The van der Waals surface area contributed by atoms with Gasteiger partial charge in [-0.05, 0) is 135 Å². The van der Waals surface area contributed by atoms with Gasteiger partial charge in [0.2, 0.25) is 0 Å². The molecule has 0 N–H and O–H groups in total. The third-order valence-corrected chi connectivity index (χ3v) is 13.5. The van der Waals surface area contributed by atoms with Gasteiger partial charge < -0.3 is 14.2 Å². The van der Waals surface area contributed by atoms with E-state index in [1.54, 1.807) is 0 Å². The molecular formula is C34H59N9O6S. The van der Waals surface area contributed by atoms with Crippen LogP contribution in [0.4, 0.5) is 0 Å². The highest BCUT2D eigenvalue weighted by Crippen LogP contribution is 2.69. The Morgan fingerprint density at radius 1 is 0.780 bits per heavy atom. The second-order valence-electron chi connectivity index (χ2n) is 15.6. The van der Waals surface area contributed by atoms with Gasteiger partial charge in [-0.1, -0.05) is 36.1 Å².